The third-order valence-corrected chi connectivity index (χ3v) is 5.52. The zero-order valence-corrected chi connectivity index (χ0v) is 19.2. The molecule has 0 aromatic rings. The number of ketones is 1. The summed E-state index contributed by atoms with van der Waals surface area (Å²) in [6, 6.07) is 0. The lowest BCUT2D eigenvalue weighted by Crippen LogP contribution is -2.52. The summed E-state index contributed by atoms with van der Waals surface area (Å²) in [6.07, 6.45) is 0.169. The van der Waals surface area contributed by atoms with Crippen molar-refractivity contribution >= 4 is 30.0 Å². The number of aliphatic carboxylic acids is 1. The Morgan fingerprint density at radius 3 is 1.34 bits per heavy atom. The molecule has 0 aromatic heterocycles. The van der Waals surface area contributed by atoms with E-state index in [-0.39, 0.29) is 37.0 Å². The number of hydrogen-bond acceptors (Lipinski definition) is 8. The molecule has 182 valence electrons. The fourth-order valence-corrected chi connectivity index (χ4v) is 3.03. The zero-order chi connectivity index (χ0) is 24.4. The summed E-state index contributed by atoms with van der Waals surface area (Å²) in [5.41, 5.74) is 0. The summed E-state index contributed by atoms with van der Waals surface area (Å²) < 4.78 is 13.4. The Morgan fingerprint density at radius 1 is 0.719 bits per heavy atom. The van der Waals surface area contributed by atoms with Gasteiger partial charge in [-0.3, -0.25) is 9.59 Å². The van der Waals surface area contributed by atoms with Gasteiger partial charge >= 0.3 is 24.2 Å². The number of carboxylic acid groups (broad SMARTS) is 1. The van der Waals surface area contributed by atoms with Crippen molar-refractivity contribution in [3.8, 4) is 0 Å². The molecule has 3 fully saturated rings. The largest absolute Gasteiger partial charge is 0.481 e. The summed E-state index contributed by atoms with van der Waals surface area (Å²) in [5.74, 6) is -0.377. The van der Waals surface area contributed by atoms with E-state index in [1.165, 1.54) is 31.1 Å². The number of likely N-dealkylation sites (tertiary alicyclic amines) is 3. The van der Waals surface area contributed by atoms with Gasteiger partial charge in [0.2, 0.25) is 0 Å². The van der Waals surface area contributed by atoms with Gasteiger partial charge in [0.05, 0.1) is 33.2 Å². The van der Waals surface area contributed by atoms with Crippen molar-refractivity contribution in [2.24, 2.45) is 17.8 Å². The Labute approximate surface area is 187 Å². The first-order valence-corrected chi connectivity index (χ1v) is 10.3. The fraction of sp³-hybridized carbons (Fsp3) is 0.750. The van der Waals surface area contributed by atoms with E-state index in [0.29, 0.717) is 19.0 Å². The summed E-state index contributed by atoms with van der Waals surface area (Å²) >= 11 is 0. The summed E-state index contributed by atoms with van der Waals surface area (Å²) in [4.78, 5) is 57.7. The van der Waals surface area contributed by atoms with Gasteiger partial charge in [0.1, 0.15) is 5.78 Å². The predicted octanol–water partition coefficient (Wildman–Crippen LogP) is 1.14. The van der Waals surface area contributed by atoms with Gasteiger partial charge in [-0.05, 0) is 19.3 Å². The SMILES string of the molecule is CCC1CN(C(=O)OC)C1.COC(=O)N1CC(C(=O)O)C1.COC(=O)N1CC(C(C)=O)C1. The minimum atomic E-state index is -0.856. The van der Waals surface area contributed by atoms with Gasteiger partial charge in [-0.25, -0.2) is 14.4 Å². The van der Waals surface area contributed by atoms with E-state index in [2.05, 4.69) is 21.1 Å². The number of methoxy groups -OCH3 is 3. The standard InChI is InChI=1S/C7H11NO3.C7H13NO2.C6H9NO4/c1-5(9)6-3-8(4-6)7(10)11-2;1-3-6-4-8(5-6)7(9)10-2;1-11-6(10)7-2-4(3-7)5(8)9/h6H,3-4H2,1-2H3;6H,3-5H2,1-2H3;4H,2-3H2,1H3,(H,8,9). The van der Waals surface area contributed by atoms with Crippen molar-refractivity contribution in [1.29, 1.82) is 0 Å². The van der Waals surface area contributed by atoms with Gasteiger partial charge in [0.15, 0.2) is 0 Å². The molecule has 3 aliphatic rings. The van der Waals surface area contributed by atoms with Gasteiger partial charge in [-0.15, -0.1) is 0 Å². The fourth-order valence-electron chi connectivity index (χ4n) is 3.03. The summed E-state index contributed by atoms with van der Waals surface area (Å²) in [5, 5.41) is 8.43. The van der Waals surface area contributed by atoms with Crippen molar-refractivity contribution < 1.29 is 43.3 Å². The van der Waals surface area contributed by atoms with Crippen LogP contribution >= 0.6 is 0 Å². The number of hydrogen-bond donors (Lipinski definition) is 1. The molecule has 3 saturated heterocycles. The molecule has 3 rings (SSSR count). The van der Waals surface area contributed by atoms with E-state index in [1.54, 1.807) is 11.8 Å². The summed E-state index contributed by atoms with van der Waals surface area (Å²) in [6.45, 7) is 7.00. The molecule has 1 N–H and O–H groups in total. The molecular formula is C20H33N3O9. The maximum atomic E-state index is 10.8. The van der Waals surface area contributed by atoms with Gasteiger partial charge in [-0.2, -0.15) is 0 Å². The van der Waals surface area contributed by atoms with Crippen molar-refractivity contribution in [2.45, 2.75) is 20.3 Å². The molecule has 3 amide bonds. The average molecular weight is 459 g/mol. The number of ether oxygens (including phenoxy) is 3. The zero-order valence-electron chi connectivity index (χ0n) is 19.2. The highest BCUT2D eigenvalue weighted by atomic mass is 16.5. The molecule has 0 unspecified atom stereocenters. The van der Waals surface area contributed by atoms with Gasteiger partial charge in [0, 0.05) is 39.3 Å². The number of carbonyl (C=O) groups excluding carboxylic acids is 4. The quantitative estimate of drug-likeness (QED) is 0.614. The number of carbonyl (C=O) groups is 5. The molecule has 32 heavy (non-hydrogen) atoms. The Balaban J connectivity index is 0.000000240. The normalized spacial score (nSPS) is 17.7. The van der Waals surface area contributed by atoms with E-state index in [9.17, 15) is 24.0 Å². The lowest BCUT2D eigenvalue weighted by Gasteiger charge is -2.37. The average Bonchev–Trinajstić information content (AvgIpc) is 2.64. The molecule has 0 bridgehead atoms. The first kappa shape index (κ1) is 27.0. The van der Waals surface area contributed by atoms with Crippen LogP contribution in [-0.4, -0.2) is 110 Å². The molecule has 0 saturated carbocycles. The van der Waals surface area contributed by atoms with E-state index >= 15 is 0 Å². The Morgan fingerprint density at radius 2 is 1.06 bits per heavy atom. The second-order valence-electron chi connectivity index (χ2n) is 7.74. The van der Waals surface area contributed by atoms with Crippen molar-refractivity contribution in [3.05, 3.63) is 0 Å². The maximum Gasteiger partial charge on any atom is 0.409 e. The monoisotopic (exact) mass is 459 g/mol. The van der Waals surface area contributed by atoms with E-state index < -0.39 is 18.0 Å². The van der Waals surface area contributed by atoms with Crippen LogP contribution in [0.3, 0.4) is 0 Å². The Hall–Kier alpha value is -3.05. The highest BCUT2D eigenvalue weighted by Crippen LogP contribution is 2.19. The first-order chi connectivity index (χ1) is 15.1. The third-order valence-electron chi connectivity index (χ3n) is 5.52. The second kappa shape index (κ2) is 12.7. The lowest BCUT2D eigenvalue weighted by molar-refractivity contribution is -0.146. The molecule has 3 aliphatic heterocycles. The molecule has 3 heterocycles. The number of carboxylic acids is 1. The van der Waals surface area contributed by atoms with E-state index in [0.717, 1.165) is 19.5 Å². The number of rotatable bonds is 3. The topological polar surface area (TPSA) is 143 Å². The smallest absolute Gasteiger partial charge is 0.409 e. The van der Waals surface area contributed by atoms with Crippen LogP contribution in [0.15, 0.2) is 0 Å². The van der Waals surface area contributed by atoms with E-state index in [1.807, 2.05) is 0 Å². The number of amides is 3. The summed E-state index contributed by atoms with van der Waals surface area (Å²) in [7, 11) is 4.03. The molecule has 0 atom stereocenters. The van der Waals surface area contributed by atoms with Crippen LogP contribution < -0.4 is 0 Å². The van der Waals surface area contributed by atoms with Crippen molar-refractivity contribution in [1.82, 2.24) is 14.7 Å². The highest BCUT2D eigenvalue weighted by Gasteiger charge is 2.36. The van der Waals surface area contributed by atoms with E-state index in [4.69, 9.17) is 5.11 Å². The van der Waals surface area contributed by atoms with Crippen molar-refractivity contribution in [3.63, 3.8) is 0 Å². The van der Waals surface area contributed by atoms with Gasteiger partial charge < -0.3 is 34.0 Å². The molecule has 0 aromatic carbocycles. The van der Waals surface area contributed by atoms with Crippen LogP contribution in [0.4, 0.5) is 14.4 Å². The molecular weight excluding hydrogens is 426 g/mol. The molecule has 0 spiro atoms. The molecule has 0 aliphatic carbocycles. The van der Waals surface area contributed by atoms with Crippen LogP contribution in [0.25, 0.3) is 0 Å². The Bertz CT molecular complexity index is 640. The molecule has 0 radical (unpaired) electrons. The van der Waals surface area contributed by atoms with Crippen molar-refractivity contribution in [2.75, 3.05) is 60.6 Å². The Kier molecular flexibility index (Phi) is 10.7. The number of nitrogens with zero attached hydrogens (tertiary/aromatic N) is 3. The predicted molar refractivity (Wildman–Crippen MR) is 111 cm³/mol. The van der Waals surface area contributed by atoms with Crippen LogP contribution in [0.2, 0.25) is 0 Å². The molecule has 12 nitrogen and oxygen atoms in total. The minimum Gasteiger partial charge on any atom is -0.481 e. The first-order valence-electron chi connectivity index (χ1n) is 10.3. The van der Waals surface area contributed by atoms with Gasteiger partial charge in [-0.1, -0.05) is 6.92 Å². The van der Waals surface area contributed by atoms with Gasteiger partial charge in [0.25, 0.3) is 0 Å². The van der Waals surface area contributed by atoms with Crippen LogP contribution in [0.5, 0.6) is 0 Å². The van der Waals surface area contributed by atoms with Crippen LogP contribution in [-0.2, 0) is 23.8 Å². The number of Topliss-reactive ketones (excluding diaryl/α,β-unsaturated/α-hetero) is 1. The second-order valence-corrected chi connectivity index (χ2v) is 7.74. The van der Waals surface area contributed by atoms with Crippen LogP contribution in [0, 0.1) is 17.8 Å². The third kappa shape index (κ3) is 7.57. The molecule has 12 heteroatoms. The highest BCUT2D eigenvalue weighted by molar-refractivity contribution is 5.82. The lowest BCUT2D eigenvalue weighted by atomic mass is 9.97. The minimum absolute atomic E-state index is 0.0362. The van der Waals surface area contributed by atoms with Crippen LogP contribution in [0.1, 0.15) is 20.3 Å². The maximum absolute atomic E-state index is 10.8.